The van der Waals surface area contributed by atoms with Crippen LogP contribution in [0.25, 0.3) is 0 Å². The maximum atomic E-state index is 13.4. The third-order valence-corrected chi connectivity index (χ3v) is 4.45. The van der Waals surface area contributed by atoms with Gasteiger partial charge >= 0.3 is 0 Å². The van der Waals surface area contributed by atoms with Crippen LogP contribution in [0.5, 0.6) is 0 Å². The first kappa shape index (κ1) is 12.8. The first-order valence-corrected chi connectivity index (χ1v) is 6.55. The number of benzene rings is 1. The van der Waals surface area contributed by atoms with Crippen LogP contribution in [0.15, 0.2) is 18.2 Å². The van der Waals surface area contributed by atoms with E-state index in [1.807, 2.05) is 0 Å². The molecule has 0 saturated heterocycles. The monoisotopic (exact) mass is 255 g/mol. The molecule has 1 aliphatic rings. The Morgan fingerprint density at radius 2 is 2.12 bits per heavy atom. The second kappa shape index (κ2) is 4.58. The number of rotatable bonds is 1. The topological polar surface area (TPSA) is 26.0 Å². The molecule has 17 heavy (non-hydrogen) atoms. The largest absolute Gasteiger partial charge is 0.321 e. The molecule has 1 saturated carbocycles. The molecule has 0 amide bonds. The van der Waals surface area contributed by atoms with Crippen LogP contribution >= 0.6 is 11.6 Å². The van der Waals surface area contributed by atoms with E-state index in [2.05, 4.69) is 13.8 Å². The van der Waals surface area contributed by atoms with Crippen LogP contribution in [0.3, 0.4) is 0 Å². The zero-order chi connectivity index (χ0) is 12.6. The molecule has 1 aliphatic carbocycles. The fourth-order valence-corrected chi connectivity index (χ4v) is 3.21. The summed E-state index contributed by atoms with van der Waals surface area (Å²) in [5, 5.41) is 0.579. The molecule has 0 spiro atoms. The SMILES string of the molecule is CC1CCC(N)(c2cc(F)ccc2Cl)C(C)C1. The average molecular weight is 256 g/mol. The molecule has 3 heteroatoms. The van der Waals surface area contributed by atoms with Gasteiger partial charge < -0.3 is 5.73 Å². The quantitative estimate of drug-likeness (QED) is 0.804. The predicted molar refractivity (Wildman–Crippen MR) is 69.5 cm³/mol. The third kappa shape index (κ3) is 2.34. The highest BCUT2D eigenvalue weighted by molar-refractivity contribution is 6.31. The lowest BCUT2D eigenvalue weighted by Crippen LogP contribution is -2.46. The molecule has 1 nitrogen and oxygen atoms in total. The van der Waals surface area contributed by atoms with Crippen molar-refractivity contribution in [2.24, 2.45) is 17.6 Å². The van der Waals surface area contributed by atoms with Crippen molar-refractivity contribution < 1.29 is 4.39 Å². The predicted octanol–water partition coefficient (Wildman–Crippen LogP) is 4.09. The normalized spacial score (nSPS) is 33.7. The van der Waals surface area contributed by atoms with Crippen molar-refractivity contribution in [2.45, 2.75) is 38.6 Å². The zero-order valence-electron chi connectivity index (χ0n) is 10.3. The van der Waals surface area contributed by atoms with Crippen molar-refractivity contribution in [1.82, 2.24) is 0 Å². The van der Waals surface area contributed by atoms with Gasteiger partial charge in [0.2, 0.25) is 0 Å². The average Bonchev–Trinajstić information content (AvgIpc) is 2.27. The zero-order valence-corrected chi connectivity index (χ0v) is 11.1. The van der Waals surface area contributed by atoms with Crippen molar-refractivity contribution >= 4 is 11.6 Å². The summed E-state index contributed by atoms with van der Waals surface area (Å²) < 4.78 is 13.4. The minimum absolute atomic E-state index is 0.264. The van der Waals surface area contributed by atoms with Gasteiger partial charge in [-0.1, -0.05) is 25.4 Å². The van der Waals surface area contributed by atoms with Crippen LogP contribution in [0.1, 0.15) is 38.7 Å². The minimum Gasteiger partial charge on any atom is -0.321 e. The van der Waals surface area contributed by atoms with E-state index in [-0.39, 0.29) is 5.82 Å². The van der Waals surface area contributed by atoms with Crippen LogP contribution in [0.4, 0.5) is 4.39 Å². The van der Waals surface area contributed by atoms with Gasteiger partial charge in [-0.05, 0) is 54.9 Å². The maximum absolute atomic E-state index is 13.4. The fourth-order valence-electron chi connectivity index (χ4n) is 2.92. The summed E-state index contributed by atoms with van der Waals surface area (Å²) >= 11 is 6.17. The Morgan fingerprint density at radius 3 is 2.76 bits per heavy atom. The lowest BCUT2D eigenvalue weighted by Gasteiger charge is -2.42. The Kier molecular flexibility index (Phi) is 3.46. The summed E-state index contributed by atoms with van der Waals surface area (Å²) in [5.41, 5.74) is 6.79. The molecular weight excluding hydrogens is 237 g/mol. The van der Waals surface area contributed by atoms with Gasteiger partial charge in [0.05, 0.1) is 0 Å². The maximum Gasteiger partial charge on any atom is 0.123 e. The van der Waals surface area contributed by atoms with E-state index in [1.54, 1.807) is 6.07 Å². The molecular formula is C14H19ClFN. The second-order valence-electron chi connectivity index (χ2n) is 5.45. The van der Waals surface area contributed by atoms with Crippen LogP contribution in [-0.2, 0) is 5.54 Å². The highest BCUT2D eigenvalue weighted by Gasteiger charge is 2.39. The van der Waals surface area contributed by atoms with Gasteiger partial charge in [-0.25, -0.2) is 4.39 Å². The highest BCUT2D eigenvalue weighted by atomic mass is 35.5. The summed E-state index contributed by atoms with van der Waals surface area (Å²) in [5.74, 6) is 0.750. The number of halogens is 2. The molecule has 2 rings (SSSR count). The van der Waals surface area contributed by atoms with Crippen LogP contribution in [0.2, 0.25) is 5.02 Å². The number of nitrogens with two attached hydrogens (primary N) is 1. The number of hydrogen-bond acceptors (Lipinski definition) is 1. The second-order valence-corrected chi connectivity index (χ2v) is 5.85. The van der Waals surface area contributed by atoms with E-state index in [4.69, 9.17) is 17.3 Å². The molecule has 0 aromatic heterocycles. The molecule has 1 fully saturated rings. The minimum atomic E-state index is -0.480. The summed E-state index contributed by atoms with van der Waals surface area (Å²) in [7, 11) is 0. The van der Waals surface area contributed by atoms with E-state index in [9.17, 15) is 4.39 Å². The van der Waals surface area contributed by atoms with Gasteiger partial charge in [0.15, 0.2) is 0 Å². The number of hydrogen-bond donors (Lipinski definition) is 1. The first-order valence-electron chi connectivity index (χ1n) is 6.18. The summed E-state index contributed by atoms with van der Waals surface area (Å²) in [6.07, 6.45) is 3.02. The molecule has 1 aromatic carbocycles. The standard InChI is InChI=1S/C14H19ClFN/c1-9-5-6-14(17,10(2)7-9)12-8-11(16)3-4-13(12)15/h3-4,8-10H,5-7,17H2,1-2H3. The Morgan fingerprint density at radius 1 is 1.41 bits per heavy atom. The molecule has 0 aliphatic heterocycles. The van der Waals surface area contributed by atoms with Crippen molar-refractivity contribution in [3.05, 3.63) is 34.6 Å². The van der Waals surface area contributed by atoms with Crippen molar-refractivity contribution in [1.29, 1.82) is 0 Å². The van der Waals surface area contributed by atoms with Gasteiger partial charge in [-0.2, -0.15) is 0 Å². The van der Waals surface area contributed by atoms with Gasteiger partial charge in [-0.15, -0.1) is 0 Å². The van der Waals surface area contributed by atoms with Crippen molar-refractivity contribution in [2.75, 3.05) is 0 Å². The van der Waals surface area contributed by atoms with E-state index in [1.165, 1.54) is 12.1 Å². The Balaban J connectivity index is 2.40. The highest BCUT2D eigenvalue weighted by Crippen LogP contribution is 2.43. The van der Waals surface area contributed by atoms with Crippen LogP contribution in [-0.4, -0.2) is 0 Å². The van der Waals surface area contributed by atoms with Gasteiger partial charge in [0.1, 0.15) is 5.82 Å². The first-order chi connectivity index (χ1) is 7.93. The van der Waals surface area contributed by atoms with E-state index < -0.39 is 5.54 Å². The van der Waals surface area contributed by atoms with E-state index in [0.29, 0.717) is 16.9 Å². The van der Waals surface area contributed by atoms with Gasteiger partial charge in [-0.3, -0.25) is 0 Å². The summed E-state index contributed by atoms with van der Waals surface area (Å²) in [6, 6.07) is 4.48. The third-order valence-electron chi connectivity index (χ3n) is 4.12. The van der Waals surface area contributed by atoms with Crippen molar-refractivity contribution in [3.8, 4) is 0 Å². The molecule has 3 unspecified atom stereocenters. The molecule has 0 heterocycles. The molecule has 1 aromatic rings. The molecule has 94 valence electrons. The smallest absolute Gasteiger partial charge is 0.123 e. The molecule has 0 bridgehead atoms. The van der Waals surface area contributed by atoms with Crippen LogP contribution in [0, 0.1) is 17.7 Å². The lowest BCUT2D eigenvalue weighted by atomic mass is 9.67. The van der Waals surface area contributed by atoms with Crippen molar-refractivity contribution in [3.63, 3.8) is 0 Å². The van der Waals surface area contributed by atoms with Gasteiger partial charge in [0, 0.05) is 10.6 Å². The van der Waals surface area contributed by atoms with Crippen LogP contribution < -0.4 is 5.73 Å². The summed E-state index contributed by atoms with van der Waals surface area (Å²) in [4.78, 5) is 0. The molecule has 2 N–H and O–H groups in total. The Bertz CT molecular complexity index is 421. The van der Waals surface area contributed by atoms with E-state index in [0.717, 1.165) is 24.8 Å². The fraction of sp³-hybridized carbons (Fsp3) is 0.571. The van der Waals surface area contributed by atoms with Gasteiger partial charge in [0.25, 0.3) is 0 Å². The lowest BCUT2D eigenvalue weighted by molar-refractivity contribution is 0.164. The van der Waals surface area contributed by atoms with E-state index >= 15 is 0 Å². The molecule has 3 atom stereocenters. The summed E-state index contributed by atoms with van der Waals surface area (Å²) in [6.45, 7) is 4.38. The Hall–Kier alpha value is -0.600. The molecule has 0 radical (unpaired) electrons. The Labute approximate surface area is 107 Å².